The van der Waals surface area contributed by atoms with Crippen molar-refractivity contribution in [3.63, 3.8) is 0 Å². The van der Waals surface area contributed by atoms with Gasteiger partial charge in [-0.1, -0.05) is 84.4 Å². The molecule has 5 nitrogen and oxygen atoms in total. The summed E-state index contributed by atoms with van der Waals surface area (Å²) in [5.41, 5.74) is 1.85. The summed E-state index contributed by atoms with van der Waals surface area (Å²) < 4.78 is 20.5. The quantitative estimate of drug-likeness (QED) is 0.229. The molecule has 0 radical (unpaired) electrons. The van der Waals surface area contributed by atoms with Crippen molar-refractivity contribution in [1.29, 1.82) is 0 Å². The average Bonchev–Trinajstić information content (AvgIpc) is 2.90. The first-order chi connectivity index (χ1) is 17.3. The molecule has 1 aliphatic rings. The number of hydrogen-bond donors (Lipinski definition) is 0. The summed E-state index contributed by atoms with van der Waals surface area (Å²) in [6.45, 7) is 1.99. The second-order valence-electron chi connectivity index (χ2n) is 8.56. The standard InChI is InChI=1S/C28H28ClN2O3PS/c1-4-34-27(32)25-24(30(2)28(36)31(3)26(25)20-15-17-21(29)18-16-20)19-35(33,22-11-7-5-8-12-22)23-13-9-6-10-14-23/h5-18,26H,4,19H2,1-3H3/t26-/m0/s1. The first kappa shape index (κ1) is 26.2. The van der Waals surface area contributed by atoms with E-state index >= 15 is 0 Å². The second kappa shape index (κ2) is 11.0. The van der Waals surface area contributed by atoms with Gasteiger partial charge in [0.25, 0.3) is 0 Å². The molecule has 0 amide bonds. The maximum atomic E-state index is 14.9. The molecule has 0 bridgehead atoms. The van der Waals surface area contributed by atoms with Gasteiger partial charge in [0.15, 0.2) is 5.11 Å². The van der Waals surface area contributed by atoms with Crippen molar-refractivity contribution in [3.8, 4) is 0 Å². The number of benzene rings is 3. The highest BCUT2D eigenvalue weighted by Gasteiger charge is 2.42. The lowest BCUT2D eigenvalue weighted by Gasteiger charge is -2.43. The van der Waals surface area contributed by atoms with Crippen molar-refractivity contribution in [2.45, 2.75) is 13.0 Å². The lowest BCUT2D eigenvalue weighted by atomic mass is 9.94. The number of nitrogens with zero attached hydrogens (tertiary/aromatic N) is 2. The molecule has 3 aromatic carbocycles. The lowest BCUT2D eigenvalue weighted by molar-refractivity contribution is -0.139. The van der Waals surface area contributed by atoms with E-state index in [4.69, 9.17) is 28.6 Å². The largest absolute Gasteiger partial charge is 0.463 e. The fraction of sp³-hybridized carbons (Fsp3) is 0.214. The summed E-state index contributed by atoms with van der Waals surface area (Å²) in [5.74, 6) is -0.457. The summed E-state index contributed by atoms with van der Waals surface area (Å²) >= 11 is 12.0. The third kappa shape index (κ3) is 4.99. The number of carbonyl (C=O) groups is 1. The van der Waals surface area contributed by atoms with Crippen LogP contribution in [0.3, 0.4) is 0 Å². The summed E-state index contributed by atoms with van der Waals surface area (Å²) in [6.07, 6.45) is 0.115. The first-order valence-corrected chi connectivity index (χ1v) is 14.3. The van der Waals surface area contributed by atoms with Gasteiger partial charge in [0.2, 0.25) is 0 Å². The van der Waals surface area contributed by atoms with Crippen molar-refractivity contribution in [2.75, 3.05) is 26.9 Å². The monoisotopic (exact) mass is 538 g/mol. The second-order valence-corrected chi connectivity index (χ2v) is 12.2. The third-order valence-electron chi connectivity index (χ3n) is 6.37. The summed E-state index contributed by atoms with van der Waals surface area (Å²) in [4.78, 5) is 17.2. The van der Waals surface area contributed by atoms with E-state index in [1.165, 1.54) is 0 Å². The molecule has 0 fully saturated rings. The number of halogens is 1. The highest BCUT2D eigenvalue weighted by Crippen LogP contribution is 2.48. The van der Waals surface area contributed by atoms with Crippen LogP contribution < -0.4 is 10.6 Å². The Balaban J connectivity index is 1.97. The molecular formula is C28H28ClN2O3PS. The van der Waals surface area contributed by atoms with Crippen LogP contribution in [0.2, 0.25) is 5.02 Å². The van der Waals surface area contributed by atoms with Crippen LogP contribution in [0, 0.1) is 0 Å². The Morgan fingerprint density at radius 3 is 1.97 bits per heavy atom. The minimum absolute atomic E-state index is 0.115. The molecule has 4 rings (SSSR count). The molecule has 0 aromatic heterocycles. The van der Waals surface area contributed by atoms with Gasteiger partial charge in [-0.25, -0.2) is 4.79 Å². The first-order valence-electron chi connectivity index (χ1n) is 11.6. The Morgan fingerprint density at radius 1 is 0.944 bits per heavy atom. The van der Waals surface area contributed by atoms with E-state index in [0.29, 0.717) is 32.0 Å². The van der Waals surface area contributed by atoms with Crippen molar-refractivity contribution < 1.29 is 14.1 Å². The highest BCUT2D eigenvalue weighted by molar-refractivity contribution is 7.80. The van der Waals surface area contributed by atoms with E-state index in [-0.39, 0.29) is 12.8 Å². The van der Waals surface area contributed by atoms with Crippen molar-refractivity contribution in [1.82, 2.24) is 9.80 Å². The number of likely N-dealkylation sites (N-methyl/N-ethyl adjacent to an activating group) is 1. The van der Waals surface area contributed by atoms with Crippen molar-refractivity contribution in [2.24, 2.45) is 0 Å². The Morgan fingerprint density at radius 2 is 1.47 bits per heavy atom. The van der Waals surface area contributed by atoms with Gasteiger partial charge >= 0.3 is 5.97 Å². The van der Waals surface area contributed by atoms with E-state index < -0.39 is 19.2 Å². The summed E-state index contributed by atoms with van der Waals surface area (Å²) in [5, 5.41) is 2.54. The maximum absolute atomic E-state index is 14.9. The smallest absolute Gasteiger partial charge is 0.338 e. The topological polar surface area (TPSA) is 49.9 Å². The molecule has 1 atom stereocenters. The van der Waals surface area contributed by atoms with Crippen LogP contribution in [-0.2, 0) is 14.1 Å². The van der Waals surface area contributed by atoms with E-state index in [9.17, 15) is 9.36 Å². The predicted molar refractivity (Wildman–Crippen MR) is 151 cm³/mol. The summed E-state index contributed by atoms with van der Waals surface area (Å²) in [6, 6.07) is 25.6. The number of rotatable bonds is 7. The van der Waals surface area contributed by atoms with Gasteiger partial charge in [0.05, 0.1) is 24.4 Å². The van der Waals surface area contributed by atoms with Gasteiger partial charge in [-0.3, -0.25) is 0 Å². The van der Waals surface area contributed by atoms with Crippen molar-refractivity contribution in [3.05, 3.63) is 107 Å². The minimum Gasteiger partial charge on any atom is -0.463 e. The molecule has 0 N–H and O–H groups in total. The normalized spacial score (nSPS) is 16.3. The molecule has 0 spiro atoms. The van der Waals surface area contributed by atoms with Gasteiger partial charge in [-0.05, 0) is 36.8 Å². The van der Waals surface area contributed by atoms with Gasteiger partial charge in [0.1, 0.15) is 7.14 Å². The zero-order valence-corrected chi connectivity index (χ0v) is 22.9. The number of hydrogen-bond acceptors (Lipinski definition) is 4. The Labute approximate surface area is 222 Å². The number of ether oxygens (including phenoxy) is 1. The van der Waals surface area contributed by atoms with E-state index in [1.54, 1.807) is 24.0 Å². The number of thiocarbonyl (C=S) groups is 1. The van der Waals surface area contributed by atoms with E-state index in [0.717, 1.165) is 5.56 Å². The Bertz CT molecular complexity index is 1290. The number of esters is 1. The third-order valence-corrected chi connectivity index (χ3v) is 10.2. The maximum Gasteiger partial charge on any atom is 0.338 e. The SMILES string of the molecule is CCOC(=O)C1=C(CP(=O)(c2ccccc2)c2ccccc2)N(C)C(=S)N(C)[C@H]1c1ccc(Cl)cc1. The average molecular weight is 539 g/mol. The van der Waals surface area contributed by atoms with E-state index in [2.05, 4.69) is 0 Å². The molecule has 3 aromatic rings. The van der Waals surface area contributed by atoms with Gasteiger partial charge in [-0.15, -0.1) is 0 Å². The number of carbonyl (C=O) groups excluding carboxylic acids is 1. The van der Waals surface area contributed by atoms with Crippen LogP contribution >= 0.6 is 31.0 Å². The summed E-state index contributed by atoms with van der Waals surface area (Å²) in [7, 11) is 0.456. The molecule has 0 saturated heterocycles. The fourth-order valence-electron chi connectivity index (χ4n) is 4.54. The Hall–Kier alpha value is -2.92. The molecule has 0 saturated carbocycles. The zero-order valence-electron chi connectivity index (χ0n) is 20.4. The number of allylic oxidation sites excluding steroid dienone is 1. The van der Waals surface area contributed by atoms with Crippen LogP contribution in [0.5, 0.6) is 0 Å². The van der Waals surface area contributed by atoms with Crippen LogP contribution in [-0.4, -0.2) is 47.7 Å². The van der Waals surface area contributed by atoms with Gasteiger partial charge < -0.3 is 19.1 Å². The fourth-order valence-corrected chi connectivity index (χ4v) is 7.66. The lowest BCUT2D eigenvalue weighted by Crippen LogP contribution is -2.48. The molecule has 0 unspecified atom stereocenters. The Kier molecular flexibility index (Phi) is 7.99. The van der Waals surface area contributed by atoms with Crippen LogP contribution in [0.25, 0.3) is 0 Å². The molecular weight excluding hydrogens is 511 g/mol. The molecule has 36 heavy (non-hydrogen) atoms. The molecule has 1 aliphatic heterocycles. The van der Waals surface area contributed by atoms with Crippen LogP contribution in [0.4, 0.5) is 0 Å². The predicted octanol–water partition coefficient (Wildman–Crippen LogP) is 5.37. The van der Waals surface area contributed by atoms with Gasteiger partial charge in [-0.2, -0.15) is 0 Å². The molecule has 8 heteroatoms. The molecule has 1 heterocycles. The van der Waals surface area contributed by atoms with Gasteiger partial charge in [0, 0.05) is 35.4 Å². The zero-order chi connectivity index (χ0) is 25.9. The van der Waals surface area contributed by atoms with E-state index in [1.807, 2.05) is 91.8 Å². The molecule has 0 aliphatic carbocycles. The molecule has 186 valence electrons. The highest BCUT2D eigenvalue weighted by atomic mass is 35.5. The van der Waals surface area contributed by atoms with Crippen LogP contribution in [0.15, 0.2) is 96.2 Å². The van der Waals surface area contributed by atoms with Crippen molar-refractivity contribution >= 4 is 52.7 Å². The minimum atomic E-state index is -3.20. The van der Waals surface area contributed by atoms with Crippen LogP contribution in [0.1, 0.15) is 18.5 Å².